The van der Waals surface area contributed by atoms with Crippen molar-refractivity contribution < 1.29 is 31.3 Å². The predicted octanol–water partition coefficient (Wildman–Crippen LogP) is -0.698. The van der Waals surface area contributed by atoms with Crippen molar-refractivity contribution in [2.45, 2.75) is 20.3 Å². The normalized spacial score (nSPS) is 16.0. The molecule has 8 nitrogen and oxygen atoms in total. The van der Waals surface area contributed by atoms with Gasteiger partial charge in [0.15, 0.2) is 0 Å². The SMILES string of the molecule is COc1ccc2cncc(CC3=NC4=[N+](CC(C)C)C(=O)N(C)C(=O)C4=N3)c2c1.[Cl-]. The van der Waals surface area contributed by atoms with Crippen LogP contribution in [0, 0.1) is 5.92 Å². The van der Waals surface area contributed by atoms with Crippen molar-refractivity contribution in [3.63, 3.8) is 0 Å². The fraction of sp³-hybridized carbons (Fsp3) is 0.333. The van der Waals surface area contributed by atoms with E-state index in [1.807, 2.05) is 32.0 Å². The van der Waals surface area contributed by atoms with Crippen LogP contribution >= 0.6 is 0 Å². The summed E-state index contributed by atoms with van der Waals surface area (Å²) in [6.45, 7) is 4.49. The zero-order chi connectivity index (χ0) is 20.7. The van der Waals surface area contributed by atoms with Crippen molar-refractivity contribution in [2.75, 3.05) is 20.7 Å². The summed E-state index contributed by atoms with van der Waals surface area (Å²) in [5.41, 5.74) is 1.14. The van der Waals surface area contributed by atoms with Crippen LogP contribution in [0.2, 0.25) is 0 Å². The maximum atomic E-state index is 12.6. The first-order valence-corrected chi connectivity index (χ1v) is 9.42. The second-order valence-electron chi connectivity index (χ2n) is 7.53. The molecular formula is C21H22ClN5O3. The van der Waals surface area contributed by atoms with Gasteiger partial charge in [-0.25, -0.2) is 14.6 Å². The topological polar surface area (TPSA) is 87.2 Å². The Hall–Kier alpha value is -3.13. The molecule has 0 saturated heterocycles. The van der Waals surface area contributed by atoms with Gasteiger partial charge in [-0.2, -0.15) is 9.48 Å². The number of carbonyl (C=O) groups excluding carboxylic acids is 2. The van der Waals surface area contributed by atoms with Crippen LogP contribution in [0.3, 0.4) is 0 Å². The molecular weight excluding hydrogens is 406 g/mol. The number of ether oxygens (including phenoxy) is 1. The van der Waals surface area contributed by atoms with Crippen molar-refractivity contribution >= 4 is 40.1 Å². The number of aromatic nitrogens is 1. The predicted molar refractivity (Wildman–Crippen MR) is 110 cm³/mol. The number of fused-ring (bicyclic) bond motifs is 2. The van der Waals surface area contributed by atoms with Gasteiger partial charge in [0.1, 0.15) is 5.75 Å². The van der Waals surface area contributed by atoms with E-state index in [-0.39, 0.29) is 30.1 Å². The second-order valence-corrected chi connectivity index (χ2v) is 7.53. The lowest BCUT2D eigenvalue weighted by molar-refractivity contribution is -0.442. The molecule has 0 aliphatic carbocycles. The van der Waals surface area contributed by atoms with Gasteiger partial charge in [0.25, 0.3) is 0 Å². The molecule has 0 unspecified atom stereocenters. The Morgan fingerprint density at radius 3 is 2.63 bits per heavy atom. The van der Waals surface area contributed by atoms with E-state index >= 15 is 0 Å². The molecule has 3 amide bonds. The highest BCUT2D eigenvalue weighted by Gasteiger charge is 2.45. The average molecular weight is 428 g/mol. The summed E-state index contributed by atoms with van der Waals surface area (Å²) in [6, 6.07) is 5.40. The molecule has 3 heterocycles. The van der Waals surface area contributed by atoms with E-state index in [0.29, 0.717) is 24.6 Å². The van der Waals surface area contributed by atoms with Crippen LogP contribution in [-0.4, -0.2) is 64.5 Å². The summed E-state index contributed by atoms with van der Waals surface area (Å²) in [4.78, 5) is 39.6. The van der Waals surface area contributed by atoms with Crippen molar-refractivity contribution in [3.05, 3.63) is 36.2 Å². The standard InChI is InChI=1S/C21H22N5O3.ClH/c1-12(2)11-26-19-18(20(27)25(3)21(26)28)23-17(24-19)7-14-10-22-9-13-5-6-15(29-4)8-16(13)14;/h5-6,8-10,12H,7,11H2,1-4H3;1H/q+1;/p-1. The van der Waals surface area contributed by atoms with Gasteiger partial charge < -0.3 is 17.1 Å². The smallest absolute Gasteiger partial charge is 0.446 e. The van der Waals surface area contributed by atoms with Crippen molar-refractivity contribution in [2.24, 2.45) is 15.9 Å². The number of nitrogens with zero attached hydrogens (tertiary/aromatic N) is 5. The van der Waals surface area contributed by atoms with Crippen molar-refractivity contribution in [3.8, 4) is 5.75 Å². The Morgan fingerprint density at radius 2 is 1.93 bits per heavy atom. The molecule has 0 N–H and O–H groups in total. The van der Waals surface area contributed by atoms with Gasteiger partial charge in [-0.05, 0) is 35.1 Å². The van der Waals surface area contributed by atoms with E-state index in [4.69, 9.17) is 4.74 Å². The summed E-state index contributed by atoms with van der Waals surface area (Å²) < 4.78 is 6.87. The molecule has 0 atom stereocenters. The molecule has 0 bridgehead atoms. The first-order chi connectivity index (χ1) is 13.9. The molecule has 4 rings (SSSR count). The Balaban J connectivity index is 0.00000256. The van der Waals surface area contributed by atoms with Gasteiger partial charge in [-0.1, -0.05) is 18.8 Å². The summed E-state index contributed by atoms with van der Waals surface area (Å²) in [5.74, 6) is 1.37. The van der Waals surface area contributed by atoms with E-state index < -0.39 is 5.91 Å². The molecule has 156 valence electrons. The second kappa shape index (κ2) is 8.31. The van der Waals surface area contributed by atoms with Gasteiger partial charge in [0.05, 0.1) is 27.1 Å². The van der Waals surface area contributed by atoms with Crippen molar-refractivity contribution in [1.29, 1.82) is 0 Å². The van der Waals surface area contributed by atoms with Crippen LogP contribution < -0.4 is 17.1 Å². The summed E-state index contributed by atoms with van der Waals surface area (Å²) in [7, 11) is 3.09. The minimum atomic E-state index is -0.429. The van der Waals surface area contributed by atoms with Gasteiger partial charge >= 0.3 is 17.8 Å². The van der Waals surface area contributed by atoms with Crippen LogP contribution in [-0.2, 0) is 11.2 Å². The number of methoxy groups -OCH3 is 1. The minimum Gasteiger partial charge on any atom is -1.00 e. The first-order valence-electron chi connectivity index (χ1n) is 9.42. The molecule has 2 aliphatic heterocycles. The lowest BCUT2D eigenvalue weighted by Gasteiger charge is -2.19. The fourth-order valence-corrected chi connectivity index (χ4v) is 3.48. The Labute approximate surface area is 180 Å². The van der Waals surface area contributed by atoms with Gasteiger partial charge in [-0.15, -0.1) is 0 Å². The molecule has 0 fully saturated rings. The zero-order valence-corrected chi connectivity index (χ0v) is 18.0. The molecule has 0 spiro atoms. The van der Waals surface area contributed by atoms with E-state index in [2.05, 4.69) is 15.0 Å². The maximum Gasteiger partial charge on any atom is 0.446 e. The lowest BCUT2D eigenvalue weighted by Crippen LogP contribution is -3.00. The highest BCUT2D eigenvalue weighted by atomic mass is 35.5. The van der Waals surface area contributed by atoms with Gasteiger partial charge in [-0.3, -0.25) is 4.98 Å². The number of aliphatic imine (C=N–C) groups is 2. The highest BCUT2D eigenvalue weighted by Crippen LogP contribution is 2.24. The summed E-state index contributed by atoms with van der Waals surface area (Å²) in [5, 5.41) is 1.97. The van der Waals surface area contributed by atoms with Gasteiger partial charge in [0.2, 0.25) is 11.5 Å². The molecule has 1 aromatic heterocycles. The zero-order valence-electron chi connectivity index (χ0n) is 17.2. The van der Waals surface area contributed by atoms with E-state index in [1.54, 1.807) is 19.5 Å². The maximum absolute atomic E-state index is 12.6. The number of urea groups is 1. The molecule has 0 saturated carbocycles. The third kappa shape index (κ3) is 3.70. The van der Waals surface area contributed by atoms with Crippen LogP contribution in [0.15, 0.2) is 40.6 Å². The number of carbonyl (C=O) groups is 2. The van der Waals surface area contributed by atoms with Crippen LogP contribution in [0.4, 0.5) is 4.79 Å². The lowest BCUT2D eigenvalue weighted by atomic mass is 10.0. The summed E-state index contributed by atoms with van der Waals surface area (Å²) in [6.07, 6.45) is 3.95. The average Bonchev–Trinajstić information content (AvgIpc) is 3.13. The number of hydrogen-bond donors (Lipinski definition) is 0. The van der Waals surface area contributed by atoms with Crippen LogP contribution in [0.1, 0.15) is 19.4 Å². The minimum absolute atomic E-state index is 0. The first kappa shape index (κ1) is 21.6. The highest BCUT2D eigenvalue weighted by molar-refractivity contribution is 6.70. The van der Waals surface area contributed by atoms with Crippen molar-refractivity contribution in [1.82, 2.24) is 9.88 Å². The number of amides is 3. The van der Waals surface area contributed by atoms with E-state index in [1.165, 1.54) is 11.6 Å². The number of rotatable bonds is 5. The van der Waals surface area contributed by atoms with E-state index in [9.17, 15) is 9.59 Å². The van der Waals surface area contributed by atoms with Crippen LogP contribution in [0.25, 0.3) is 10.8 Å². The Kier molecular flexibility index (Phi) is 5.98. The third-order valence-electron chi connectivity index (χ3n) is 4.92. The molecule has 1 aromatic carbocycles. The van der Waals surface area contributed by atoms with E-state index in [0.717, 1.165) is 27.0 Å². The number of halogens is 1. The quantitative estimate of drug-likeness (QED) is 0.590. The monoisotopic (exact) mass is 427 g/mol. The molecule has 30 heavy (non-hydrogen) atoms. The fourth-order valence-electron chi connectivity index (χ4n) is 3.48. The molecule has 9 heteroatoms. The number of benzene rings is 1. The van der Waals surface area contributed by atoms with Gasteiger partial charge in [0, 0.05) is 17.8 Å². The number of imide groups is 1. The summed E-state index contributed by atoms with van der Waals surface area (Å²) >= 11 is 0. The largest absolute Gasteiger partial charge is 1.00 e. The third-order valence-corrected chi connectivity index (χ3v) is 4.92. The molecule has 2 aliphatic rings. The van der Waals surface area contributed by atoms with Crippen LogP contribution in [0.5, 0.6) is 5.75 Å². The molecule has 2 aromatic rings. The number of amidine groups is 2. The Bertz CT molecular complexity index is 1140. The number of hydrogen-bond acceptors (Lipinski definition) is 6. The molecule has 0 radical (unpaired) electrons. The Morgan fingerprint density at radius 1 is 1.17 bits per heavy atom. The number of pyridine rings is 1.